The molecule has 0 aliphatic rings. The number of amides is 2. The van der Waals surface area contributed by atoms with Gasteiger partial charge in [-0.05, 0) is 30.3 Å². The van der Waals surface area contributed by atoms with Gasteiger partial charge in [0.2, 0.25) is 0 Å². The molecule has 0 saturated heterocycles. The Kier molecular flexibility index (Phi) is 6.70. The molecule has 10 heteroatoms. The second-order valence-electron chi connectivity index (χ2n) is 5.26. The van der Waals surface area contributed by atoms with Gasteiger partial charge in [0, 0.05) is 24.5 Å². The number of hydrogen-bond donors (Lipinski definition) is 4. The number of benzene rings is 1. The zero-order valence-corrected chi connectivity index (χ0v) is 14.2. The molecule has 0 aliphatic heterocycles. The van der Waals surface area contributed by atoms with Crippen molar-refractivity contribution in [3.63, 3.8) is 0 Å². The van der Waals surface area contributed by atoms with E-state index in [1.807, 2.05) is 0 Å². The Bertz CT molecular complexity index is 788. The molecule has 2 amide bonds. The lowest BCUT2D eigenvalue weighted by molar-refractivity contribution is -0.137. The van der Waals surface area contributed by atoms with Crippen molar-refractivity contribution in [3.05, 3.63) is 47.4 Å². The van der Waals surface area contributed by atoms with Crippen molar-refractivity contribution >= 4 is 29.3 Å². The van der Waals surface area contributed by atoms with Gasteiger partial charge in [0.05, 0.1) is 11.4 Å². The first kappa shape index (κ1) is 19.4. The molecule has 1 unspecified atom stereocenters. The molecule has 0 radical (unpaired) electrons. The molecular formula is C16H16ClFN4O4. The molecule has 0 spiro atoms. The van der Waals surface area contributed by atoms with Gasteiger partial charge in [0.1, 0.15) is 5.75 Å². The summed E-state index contributed by atoms with van der Waals surface area (Å²) in [5.74, 6) is -1.65. The number of carbonyl (C=O) groups is 2. The van der Waals surface area contributed by atoms with Crippen LogP contribution < -0.4 is 21.1 Å². The predicted octanol–water partition coefficient (Wildman–Crippen LogP) is 2.59. The predicted molar refractivity (Wildman–Crippen MR) is 93.0 cm³/mol. The number of anilines is 1. The van der Waals surface area contributed by atoms with Crippen molar-refractivity contribution in [2.24, 2.45) is 5.73 Å². The summed E-state index contributed by atoms with van der Waals surface area (Å²) < 4.78 is 18.9. The van der Waals surface area contributed by atoms with E-state index in [0.717, 1.165) is 6.07 Å². The van der Waals surface area contributed by atoms with Crippen LogP contribution in [0.15, 0.2) is 36.5 Å². The van der Waals surface area contributed by atoms with Crippen molar-refractivity contribution in [2.45, 2.75) is 12.5 Å². The zero-order valence-electron chi connectivity index (χ0n) is 13.4. The number of rotatable bonds is 7. The van der Waals surface area contributed by atoms with Gasteiger partial charge in [-0.1, -0.05) is 11.6 Å². The van der Waals surface area contributed by atoms with E-state index in [2.05, 4.69) is 15.6 Å². The van der Waals surface area contributed by atoms with Crippen molar-refractivity contribution in [2.75, 3.05) is 11.9 Å². The maximum Gasteiger partial charge on any atom is 0.319 e. The molecule has 2 rings (SSSR count). The monoisotopic (exact) mass is 382 g/mol. The van der Waals surface area contributed by atoms with Gasteiger partial charge in [-0.2, -0.15) is 0 Å². The van der Waals surface area contributed by atoms with Crippen LogP contribution in [0.5, 0.6) is 11.6 Å². The number of nitrogens with zero attached hydrogens (tertiary/aromatic N) is 1. The number of ether oxygens (including phenoxy) is 1. The number of urea groups is 1. The van der Waals surface area contributed by atoms with Crippen LogP contribution in [0.2, 0.25) is 5.02 Å². The standard InChI is InChI=1S/C16H16ClFN4O4/c17-9-5-13(18)15(20-7-9)26-12-3-1-11(2-4-12)22-16(25)21-8-10(19)6-14(23)24/h1-5,7,10H,6,8,19H2,(H,23,24)(H2,21,22,25). The number of carbonyl (C=O) groups excluding carboxylic acids is 1. The van der Waals surface area contributed by atoms with Crippen LogP contribution in [0.1, 0.15) is 6.42 Å². The highest BCUT2D eigenvalue weighted by molar-refractivity contribution is 6.30. The van der Waals surface area contributed by atoms with Crippen LogP contribution in [-0.2, 0) is 4.79 Å². The molecule has 2 aromatic rings. The number of nitrogens with one attached hydrogen (secondary N) is 2. The van der Waals surface area contributed by atoms with E-state index in [9.17, 15) is 14.0 Å². The SMILES string of the molecule is NC(CNC(=O)Nc1ccc(Oc2ncc(Cl)cc2F)cc1)CC(=O)O. The summed E-state index contributed by atoms with van der Waals surface area (Å²) in [5.41, 5.74) is 6.00. The van der Waals surface area contributed by atoms with E-state index < -0.39 is 23.9 Å². The second kappa shape index (κ2) is 8.97. The first-order valence-electron chi connectivity index (χ1n) is 7.44. The lowest BCUT2D eigenvalue weighted by Gasteiger charge is -2.12. The normalized spacial score (nSPS) is 11.5. The Labute approximate surface area is 153 Å². The van der Waals surface area contributed by atoms with Crippen LogP contribution in [0, 0.1) is 5.82 Å². The van der Waals surface area contributed by atoms with E-state index in [1.54, 1.807) is 12.1 Å². The van der Waals surface area contributed by atoms with Crippen LogP contribution >= 0.6 is 11.6 Å². The molecule has 26 heavy (non-hydrogen) atoms. The molecule has 0 saturated carbocycles. The first-order chi connectivity index (χ1) is 12.3. The lowest BCUT2D eigenvalue weighted by atomic mass is 10.2. The van der Waals surface area contributed by atoms with Gasteiger partial charge in [-0.15, -0.1) is 0 Å². The number of halogens is 2. The fourth-order valence-corrected chi connectivity index (χ4v) is 2.04. The Morgan fingerprint density at radius 1 is 1.35 bits per heavy atom. The number of nitrogens with two attached hydrogens (primary N) is 1. The quantitative estimate of drug-likeness (QED) is 0.583. The van der Waals surface area contributed by atoms with E-state index in [0.29, 0.717) is 11.4 Å². The van der Waals surface area contributed by atoms with Crippen LogP contribution in [0.25, 0.3) is 0 Å². The minimum Gasteiger partial charge on any atom is -0.481 e. The summed E-state index contributed by atoms with van der Waals surface area (Å²) in [6.45, 7) is 0.0147. The number of carboxylic acids is 1. The molecule has 1 atom stereocenters. The molecule has 1 aromatic carbocycles. The van der Waals surface area contributed by atoms with E-state index >= 15 is 0 Å². The smallest absolute Gasteiger partial charge is 0.319 e. The number of carboxylic acid groups (broad SMARTS) is 1. The summed E-state index contributed by atoms with van der Waals surface area (Å²) in [6, 6.07) is 5.97. The topological polar surface area (TPSA) is 127 Å². The molecule has 0 aliphatic carbocycles. The average molecular weight is 383 g/mol. The largest absolute Gasteiger partial charge is 0.481 e. The van der Waals surface area contributed by atoms with Gasteiger partial charge < -0.3 is 26.2 Å². The molecule has 0 bridgehead atoms. The minimum atomic E-state index is -1.04. The van der Waals surface area contributed by atoms with Crippen LogP contribution in [0.3, 0.4) is 0 Å². The number of hydrogen-bond acceptors (Lipinski definition) is 5. The molecule has 8 nitrogen and oxygen atoms in total. The highest BCUT2D eigenvalue weighted by atomic mass is 35.5. The summed E-state index contributed by atoms with van der Waals surface area (Å²) in [5, 5.41) is 13.8. The van der Waals surface area contributed by atoms with Gasteiger partial charge in [-0.3, -0.25) is 4.79 Å². The van der Waals surface area contributed by atoms with E-state index in [4.69, 9.17) is 27.2 Å². The highest BCUT2D eigenvalue weighted by Gasteiger charge is 2.10. The Hall–Kier alpha value is -2.91. The van der Waals surface area contributed by atoms with E-state index in [-0.39, 0.29) is 23.9 Å². The van der Waals surface area contributed by atoms with Crippen molar-refractivity contribution in [1.29, 1.82) is 0 Å². The third-order valence-corrected chi connectivity index (χ3v) is 3.27. The van der Waals surface area contributed by atoms with Gasteiger partial charge in [0.15, 0.2) is 5.82 Å². The third-order valence-electron chi connectivity index (χ3n) is 3.06. The minimum absolute atomic E-state index is 0.0147. The Morgan fingerprint density at radius 3 is 2.65 bits per heavy atom. The average Bonchev–Trinajstić information content (AvgIpc) is 2.57. The highest BCUT2D eigenvalue weighted by Crippen LogP contribution is 2.25. The molecule has 0 fully saturated rings. The van der Waals surface area contributed by atoms with Gasteiger partial charge in [-0.25, -0.2) is 14.2 Å². The third kappa shape index (κ3) is 6.19. The van der Waals surface area contributed by atoms with Crippen molar-refractivity contribution in [1.82, 2.24) is 10.3 Å². The molecule has 138 valence electrons. The summed E-state index contributed by atoms with van der Waals surface area (Å²) in [6.07, 6.45) is 1.01. The Balaban J connectivity index is 1.86. The fourth-order valence-electron chi connectivity index (χ4n) is 1.89. The maximum absolute atomic E-state index is 13.6. The molecule has 5 N–H and O–H groups in total. The van der Waals surface area contributed by atoms with Crippen molar-refractivity contribution in [3.8, 4) is 11.6 Å². The summed E-state index contributed by atoms with van der Waals surface area (Å²) in [4.78, 5) is 26.0. The second-order valence-corrected chi connectivity index (χ2v) is 5.70. The zero-order chi connectivity index (χ0) is 19.1. The fraction of sp³-hybridized carbons (Fsp3) is 0.188. The molecule has 1 heterocycles. The van der Waals surface area contributed by atoms with Crippen LogP contribution in [-0.4, -0.2) is 34.7 Å². The first-order valence-corrected chi connectivity index (χ1v) is 7.82. The summed E-state index contributed by atoms with van der Waals surface area (Å²) >= 11 is 5.62. The van der Waals surface area contributed by atoms with Gasteiger partial charge in [0.25, 0.3) is 5.88 Å². The lowest BCUT2D eigenvalue weighted by Crippen LogP contribution is -2.40. The molecular weight excluding hydrogens is 367 g/mol. The van der Waals surface area contributed by atoms with Crippen LogP contribution in [0.4, 0.5) is 14.9 Å². The number of aromatic nitrogens is 1. The summed E-state index contributed by atoms with van der Waals surface area (Å²) in [7, 11) is 0. The molecule has 1 aromatic heterocycles. The van der Waals surface area contributed by atoms with Crippen molar-refractivity contribution < 1.29 is 23.8 Å². The number of aliphatic carboxylic acids is 1. The van der Waals surface area contributed by atoms with Gasteiger partial charge >= 0.3 is 12.0 Å². The Morgan fingerprint density at radius 2 is 2.04 bits per heavy atom. The number of pyridine rings is 1. The maximum atomic E-state index is 13.6. The van der Waals surface area contributed by atoms with E-state index in [1.165, 1.54) is 18.3 Å².